The lowest BCUT2D eigenvalue weighted by Crippen LogP contribution is -1.97. The molecule has 0 spiro atoms. The second-order valence-corrected chi connectivity index (χ2v) is 15.7. The Hall–Kier alpha value is -7.20. The van der Waals surface area contributed by atoms with Crippen molar-refractivity contribution in [3.05, 3.63) is 206 Å². The van der Waals surface area contributed by atoms with Crippen LogP contribution in [0.5, 0.6) is 0 Å². The molecule has 2 heterocycles. The molecule has 0 aliphatic heterocycles. The van der Waals surface area contributed by atoms with Crippen LogP contribution in [-0.2, 0) is 0 Å². The van der Waals surface area contributed by atoms with Crippen LogP contribution >= 0.6 is 11.3 Å². The first kappa shape index (κ1) is 33.2. The molecule has 11 aromatic rings. The molecular formula is C54H34N2S. The van der Waals surface area contributed by atoms with Gasteiger partial charge in [0, 0.05) is 36.9 Å². The van der Waals surface area contributed by atoms with Gasteiger partial charge in [0.25, 0.3) is 0 Å². The number of fused-ring (bicyclic) bond motifs is 6. The smallest absolute Gasteiger partial charge is 0.160 e. The van der Waals surface area contributed by atoms with E-state index in [1.54, 1.807) is 0 Å². The van der Waals surface area contributed by atoms with Gasteiger partial charge in [0.1, 0.15) is 0 Å². The van der Waals surface area contributed by atoms with Crippen LogP contribution in [0.2, 0.25) is 0 Å². The van der Waals surface area contributed by atoms with Gasteiger partial charge in [-0.2, -0.15) is 0 Å². The van der Waals surface area contributed by atoms with Gasteiger partial charge in [-0.05, 0) is 110 Å². The standard InChI is InChI=1S/C54H34N2S/c1-3-12-35(13-4-1)43-30-44(40-25-27-53-49(33-40)48-20-9-10-21-52(48)57-53)32-45(31-43)51-34-50(55-54(56-51)37-15-5-2-6-16-37)42-18-11-17-38(29-42)39-24-26-47-41(28-39)23-22-36-14-7-8-19-46(36)47/h1-34H. The van der Waals surface area contributed by atoms with Gasteiger partial charge >= 0.3 is 0 Å². The maximum atomic E-state index is 5.28. The summed E-state index contributed by atoms with van der Waals surface area (Å²) >= 11 is 1.85. The van der Waals surface area contributed by atoms with Crippen molar-refractivity contribution in [1.82, 2.24) is 9.97 Å². The van der Waals surface area contributed by atoms with E-state index in [1.807, 2.05) is 29.5 Å². The number of nitrogens with zero attached hydrogens (tertiary/aromatic N) is 2. The maximum absolute atomic E-state index is 5.28. The molecule has 0 atom stereocenters. The van der Waals surface area contributed by atoms with Gasteiger partial charge in [0.2, 0.25) is 0 Å². The molecule has 57 heavy (non-hydrogen) atoms. The van der Waals surface area contributed by atoms with Gasteiger partial charge < -0.3 is 0 Å². The first-order chi connectivity index (χ1) is 28.2. The Bertz CT molecular complexity index is 3290. The molecule has 11 rings (SSSR count). The van der Waals surface area contributed by atoms with Crippen molar-refractivity contribution in [2.24, 2.45) is 0 Å². The van der Waals surface area contributed by atoms with E-state index in [0.29, 0.717) is 5.82 Å². The van der Waals surface area contributed by atoms with Crippen LogP contribution in [0.1, 0.15) is 0 Å². The van der Waals surface area contributed by atoms with E-state index in [1.165, 1.54) is 52.8 Å². The normalized spacial score (nSPS) is 11.5. The molecule has 0 amide bonds. The topological polar surface area (TPSA) is 25.8 Å². The van der Waals surface area contributed by atoms with Crippen LogP contribution < -0.4 is 0 Å². The molecular weight excluding hydrogens is 709 g/mol. The molecule has 0 aliphatic rings. The summed E-state index contributed by atoms with van der Waals surface area (Å²) < 4.78 is 2.61. The molecule has 3 heteroatoms. The Balaban J connectivity index is 1.07. The Morgan fingerprint density at radius 1 is 0.263 bits per heavy atom. The summed E-state index contributed by atoms with van der Waals surface area (Å²) in [6.07, 6.45) is 0. The van der Waals surface area contributed by atoms with Crippen molar-refractivity contribution in [3.8, 4) is 67.3 Å². The highest BCUT2D eigenvalue weighted by Gasteiger charge is 2.15. The maximum Gasteiger partial charge on any atom is 0.160 e. The highest BCUT2D eigenvalue weighted by molar-refractivity contribution is 7.25. The van der Waals surface area contributed by atoms with E-state index in [-0.39, 0.29) is 0 Å². The van der Waals surface area contributed by atoms with Crippen molar-refractivity contribution in [3.63, 3.8) is 0 Å². The van der Waals surface area contributed by atoms with Crippen LogP contribution in [0.4, 0.5) is 0 Å². The largest absolute Gasteiger partial charge is 0.228 e. The van der Waals surface area contributed by atoms with Gasteiger partial charge in [-0.15, -0.1) is 11.3 Å². The van der Waals surface area contributed by atoms with Crippen LogP contribution in [0, 0.1) is 0 Å². The second kappa shape index (κ2) is 13.8. The molecule has 0 saturated carbocycles. The zero-order valence-corrected chi connectivity index (χ0v) is 31.7. The molecule has 266 valence electrons. The number of hydrogen-bond donors (Lipinski definition) is 0. The van der Waals surface area contributed by atoms with Gasteiger partial charge in [-0.3, -0.25) is 0 Å². The quantitative estimate of drug-likeness (QED) is 0.159. The summed E-state index contributed by atoms with van der Waals surface area (Å²) in [4.78, 5) is 10.5. The molecule has 0 unspecified atom stereocenters. The molecule has 0 radical (unpaired) electrons. The van der Waals surface area contributed by atoms with E-state index in [0.717, 1.165) is 50.3 Å². The highest BCUT2D eigenvalue weighted by atomic mass is 32.1. The van der Waals surface area contributed by atoms with Crippen LogP contribution in [0.3, 0.4) is 0 Å². The zero-order valence-electron chi connectivity index (χ0n) is 30.9. The molecule has 0 saturated heterocycles. The summed E-state index contributed by atoms with van der Waals surface area (Å²) in [6.45, 7) is 0. The third-order valence-electron chi connectivity index (χ3n) is 11.0. The number of rotatable bonds is 6. The Labute approximate surface area is 335 Å². The Morgan fingerprint density at radius 2 is 0.807 bits per heavy atom. The summed E-state index contributed by atoms with van der Waals surface area (Å²) in [5, 5.41) is 7.61. The lowest BCUT2D eigenvalue weighted by molar-refractivity contribution is 1.18. The van der Waals surface area contributed by atoms with Gasteiger partial charge in [-0.1, -0.05) is 152 Å². The molecule has 0 aliphatic carbocycles. The van der Waals surface area contributed by atoms with Crippen LogP contribution in [-0.4, -0.2) is 9.97 Å². The minimum atomic E-state index is 0.698. The molecule has 9 aromatic carbocycles. The van der Waals surface area contributed by atoms with Crippen LogP contribution in [0.25, 0.3) is 109 Å². The van der Waals surface area contributed by atoms with Crippen molar-refractivity contribution >= 4 is 53.1 Å². The Kier molecular flexibility index (Phi) is 8.04. The molecule has 0 bridgehead atoms. The number of thiophene rings is 1. The average molecular weight is 743 g/mol. The van der Waals surface area contributed by atoms with E-state index in [9.17, 15) is 0 Å². The fourth-order valence-corrected chi connectivity index (χ4v) is 9.24. The third kappa shape index (κ3) is 6.15. The van der Waals surface area contributed by atoms with Crippen molar-refractivity contribution in [2.45, 2.75) is 0 Å². The summed E-state index contributed by atoms with van der Waals surface area (Å²) in [5.74, 6) is 0.698. The molecule has 2 nitrogen and oxygen atoms in total. The Morgan fingerprint density at radius 3 is 1.65 bits per heavy atom. The fraction of sp³-hybridized carbons (Fsp3) is 0. The highest BCUT2D eigenvalue weighted by Crippen LogP contribution is 2.39. The first-order valence-corrected chi connectivity index (χ1v) is 20.1. The number of benzene rings is 9. The van der Waals surface area contributed by atoms with E-state index >= 15 is 0 Å². The molecule has 0 N–H and O–H groups in total. The van der Waals surface area contributed by atoms with Gasteiger partial charge in [-0.25, -0.2) is 9.97 Å². The second-order valence-electron chi connectivity index (χ2n) is 14.6. The fourth-order valence-electron chi connectivity index (χ4n) is 8.16. The average Bonchev–Trinajstić information content (AvgIpc) is 3.67. The van der Waals surface area contributed by atoms with E-state index in [4.69, 9.17) is 9.97 Å². The lowest BCUT2D eigenvalue weighted by Gasteiger charge is -2.14. The SMILES string of the molecule is c1ccc(-c2cc(-c3ccc4sc5ccccc5c4c3)cc(-c3cc(-c4cccc(-c5ccc6c(ccc7ccccc76)c5)c4)nc(-c4ccccc4)n3)c2)cc1. The summed E-state index contributed by atoms with van der Waals surface area (Å²) in [7, 11) is 0. The van der Waals surface area contributed by atoms with Crippen molar-refractivity contribution < 1.29 is 0 Å². The molecule has 0 fully saturated rings. The minimum Gasteiger partial charge on any atom is -0.228 e. The first-order valence-electron chi connectivity index (χ1n) is 19.3. The van der Waals surface area contributed by atoms with Crippen LogP contribution in [0.15, 0.2) is 206 Å². The minimum absolute atomic E-state index is 0.698. The summed E-state index contributed by atoms with van der Waals surface area (Å²) in [5.41, 5.74) is 11.8. The monoisotopic (exact) mass is 742 g/mol. The van der Waals surface area contributed by atoms with Gasteiger partial charge in [0.05, 0.1) is 11.4 Å². The number of aromatic nitrogens is 2. The lowest BCUT2D eigenvalue weighted by atomic mass is 9.93. The zero-order chi connectivity index (χ0) is 37.7. The third-order valence-corrected chi connectivity index (χ3v) is 12.2. The molecule has 2 aromatic heterocycles. The van der Waals surface area contributed by atoms with E-state index < -0.39 is 0 Å². The predicted octanol–water partition coefficient (Wildman–Crippen LogP) is 15.2. The number of hydrogen-bond acceptors (Lipinski definition) is 3. The van der Waals surface area contributed by atoms with Crippen molar-refractivity contribution in [1.29, 1.82) is 0 Å². The van der Waals surface area contributed by atoms with E-state index in [2.05, 4.69) is 188 Å². The predicted molar refractivity (Wildman–Crippen MR) is 243 cm³/mol. The van der Waals surface area contributed by atoms with Crippen molar-refractivity contribution in [2.75, 3.05) is 0 Å². The van der Waals surface area contributed by atoms with Gasteiger partial charge in [0.15, 0.2) is 5.82 Å². The summed E-state index contributed by atoms with van der Waals surface area (Å²) in [6, 6.07) is 74.1.